The van der Waals surface area contributed by atoms with Gasteiger partial charge >= 0.3 is 17.1 Å². The molecule has 8 heteroatoms. The van der Waals surface area contributed by atoms with E-state index in [1.54, 1.807) is 28.4 Å². The van der Waals surface area contributed by atoms with Crippen LogP contribution in [0.1, 0.15) is 26.7 Å². The maximum absolute atomic E-state index is 5.68. The van der Waals surface area contributed by atoms with Gasteiger partial charge < -0.3 is 17.7 Å². The lowest BCUT2D eigenvalue weighted by atomic mass is 10.6. The Morgan fingerprint density at radius 2 is 0.950 bits per heavy atom. The van der Waals surface area contributed by atoms with Gasteiger partial charge in [0.15, 0.2) is 0 Å². The van der Waals surface area contributed by atoms with Crippen LogP contribution in [-0.4, -0.2) is 55.3 Å². The van der Waals surface area contributed by atoms with Crippen molar-refractivity contribution in [3.8, 4) is 0 Å². The highest BCUT2D eigenvalue weighted by Gasteiger charge is 2.43. The molecular weight excluding hydrogens is 328 g/mol. The molecule has 0 rings (SSSR count). The first-order chi connectivity index (χ1) is 9.37. The fourth-order valence-corrected chi connectivity index (χ4v) is 13.6. The molecule has 0 spiro atoms. The quantitative estimate of drug-likeness (QED) is 0.414. The average Bonchev–Trinajstić information content (AvgIpc) is 2.50. The molecule has 122 valence electrons. The second-order valence-corrected chi connectivity index (χ2v) is 15.4. The molecule has 4 nitrogen and oxygen atoms in total. The van der Waals surface area contributed by atoms with Crippen LogP contribution in [0.3, 0.4) is 0 Å². The monoisotopic (exact) mass is 358 g/mol. The lowest BCUT2D eigenvalue weighted by Gasteiger charge is -2.34. The molecule has 0 amide bonds. The Kier molecular flexibility index (Phi) is 10.4. The van der Waals surface area contributed by atoms with Crippen LogP contribution in [-0.2, 0) is 17.7 Å². The average molecular weight is 359 g/mol. The lowest BCUT2D eigenvalue weighted by Crippen LogP contribution is -2.49. The van der Waals surface area contributed by atoms with Gasteiger partial charge in [-0.3, -0.25) is 0 Å². The van der Waals surface area contributed by atoms with E-state index in [-0.39, 0.29) is 0 Å². The number of hydrogen-bond donors (Lipinski definition) is 0. The molecule has 2 unspecified atom stereocenters. The van der Waals surface area contributed by atoms with Crippen molar-refractivity contribution in [1.29, 1.82) is 0 Å². The van der Waals surface area contributed by atoms with Gasteiger partial charge in [-0.1, -0.05) is 35.4 Å². The molecule has 0 fully saturated rings. The minimum Gasteiger partial charge on any atom is -0.397 e. The summed E-state index contributed by atoms with van der Waals surface area (Å²) in [4.78, 5) is 0.784. The number of hydrogen-bond acceptors (Lipinski definition) is 6. The highest BCUT2D eigenvalue weighted by molar-refractivity contribution is 8.77. The van der Waals surface area contributed by atoms with Crippen molar-refractivity contribution in [1.82, 2.24) is 0 Å². The Morgan fingerprint density at radius 1 is 0.700 bits per heavy atom. The van der Waals surface area contributed by atoms with Gasteiger partial charge in [-0.15, -0.1) is 0 Å². The second-order valence-electron chi connectivity index (χ2n) is 4.83. The van der Waals surface area contributed by atoms with Crippen LogP contribution in [0.25, 0.3) is 0 Å². The van der Waals surface area contributed by atoms with Gasteiger partial charge in [0.2, 0.25) is 0 Å². The van der Waals surface area contributed by atoms with Crippen LogP contribution in [0, 0.1) is 0 Å². The van der Waals surface area contributed by atoms with Crippen LogP contribution in [0.2, 0.25) is 13.1 Å². The van der Waals surface area contributed by atoms with E-state index in [0.717, 1.165) is 12.8 Å². The SMILES string of the molecule is CCC(SSC(CC)[Si](C)(OC)OC)[Si](C)(OC)OC. The van der Waals surface area contributed by atoms with E-state index in [4.69, 9.17) is 17.7 Å². The Morgan fingerprint density at radius 3 is 1.10 bits per heavy atom. The molecule has 0 aliphatic heterocycles. The van der Waals surface area contributed by atoms with Crippen molar-refractivity contribution < 1.29 is 17.7 Å². The summed E-state index contributed by atoms with van der Waals surface area (Å²) in [6.07, 6.45) is 2.08. The zero-order valence-electron chi connectivity index (χ0n) is 14.0. The minimum atomic E-state index is -2.11. The zero-order chi connectivity index (χ0) is 15.8. The van der Waals surface area contributed by atoms with E-state index in [1.165, 1.54) is 0 Å². The van der Waals surface area contributed by atoms with Gasteiger partial charge in [-0.25, -0.2) is 0 Å². The van der Waals surface area contributed by atoms with Crippen molar-refractivity contribution in [3.63, 3.8) is 0 Å². The highest BCUT2D eigenvalue weighted by atomic mass is 33.1. The topological polar surface area (TPSA) is 36.9 Å². The summed E-state index contributed by atoms with van der Waals surface area (Å²) in [5, 5.41) is 0. The Balaban J connectivity index is 4.77. The summed E-state index contributed by atoms with van der Waals surface area (Å²) < 4.78 is 22.7. The molecule has 0 radical (unpaired) electrons. The molecule has 0 N–H and O–H groups in total. The number of rotatable bonds is 11. The molecule has 0 aromatic rings. The molecule has 0 saturated heterocycles. The highest BCUT2D eigenvalue weighted by Crippen LogP contribution is 2.41. The zero-order valence-corrected chi connectivity index (χ0v) is 17.7. The molecule has 0 heterocycles. The molecule has 0 aromatic heterocycles. The van der Waals surface area contributed by atoms with Crippen LogP contribution >= 0.6 is 21.6 Å². The predicted molar refractivity (Wildman–Crippen MR) is 94.6 cm³/mol. The van der Waals surface area contributed by atoms with Crippen molar-refractivity contribution in [2.75, 3.05) is 28.4 Å². The third-order valence-corrected chi connectivity index (χ3v) is 17.5. The fourth-order valence-electron chi connectivity index (χ4n) is 1.88. The summed E-state index contributed by atoms with van der Waals surface area (Å²) in [7, 11) is 6.54. The molecule has 0 bridgehead atoms. The van der Waals surface area contributed by atoms with E-state index in [2.05, 4.69) is 26.9 Å². The van der Waals surface area contributed by atoms with Crippen LogP contribution in [0.5, 0.6) is 0 Å². The van der Waals surface area contributed by atoms with E-state index in [1.807, 2.05) is 21.6 Å². The van der Waals surface area contributed by atoms with Crippen molar-refractivity contribution in [2.24, 2.45) is 0 Å². The molecule has 0 aromatic carbocycles. The van der Waals surface area contributed by atoms with Crippen LogP contribution in [0.15, 0.2) is 0 Å². The maximum Gasteiger partial charge on any atom is 0.348 e. The predicted octanol–water partition coefficient (Wildman–Crippen LogP) is 3.73. The van der Waals surface area contributed by atoms with Gasteiger partial charge in [-0.05, 0) is 25.9 Å². The first kappa shape index (κ1) is 21.0. The third-order valence-electron chi connectivity index (χ3n) is 3.82. The summed E-state index contributed by atoms with van der Waals surface area (Å²) in [5.41, 5.74) is 0. The van der Waals surface area contributed by atoms with Gasteiger partial charge in [0.05, 0.1) is 9.75 Å². The molecule has 0 aliphatic carbocycles. The first-order valence-corrected chi connectivity index (χ1v) is 14.0. The molecule has 20 heavy (non-hydrogen) atoms. The van der Waals surface area contributed by atoms with Crippen molar-refractivity contribution in [2.45, 2.75) is 49.5 Å². The van der Waals surface area contributed by atoms with E-state index in [0.29, 0.717) is 9.75 Å². The minimum absolute atomic E-state index is 0.392. The summed E-state index contributed by atoms with van der Waals surface area (Å²) in [6.45, 7) is 8.62. The lowest BCUT2D eigenvalue weighted by molar-refractivity contribution is 0.246. The largest absolute Gasteiger partial charge is 0.397 e. The van der Waals surface area contributed by atoms with Crippen molar-refractivity contribution in [3.05, 3.63) is 0 Å². The van der Waals surface area contributed by atoms with E-state index < -0.39 is 17.1 Å². The first-order valence-electron chi connectivity index (χ1n) is 6.90. The smallest absolute Gasteiger partial charge is 0.348 e. The van der Waals surface area contributed by atoms with E-state index >= 15 is 0 Å². The van der Waals surface area contributed by atoms with Gasteiger partial charge in [0.1, 0.15) is 0 Å². The maximum atomic E-state index is 5.68. The third kappa shape index (κ3) is 5.31. The Bertz CT molecular complexity index is 238. The molecule has 0 saturated carbocycles. The standard InChI is InChI=1S/C12H30O4S2Si2/c1-9-11(19(7,13-3)14-4)17-18-12(10-2)20(8,15-5)16-6/h11-12H,9-10H2,1-8H3. The van der Waals surface area contributed by atoms with Gasteiger partial charge in [0.25, 0.3) is 0 Å². The van der Waals surface area contributed by atoms with Gasteiger partial charge in [-0.2, -0.15) is 0 Å². The second kappa shape index (κ2) is 9.88. The van der Waals surface area contributed by atoms with E-state index in [9.17, 15) is 0 Å². The molecule has 2 atom stereocenters. The fraction of sp³-hybridized carbons (Fsp3) is 1.00. The van der Waals surface area contributed by atoms with Crippen molar-refractivity contribution >= 4 is 38.7 Å². The van der Waals surface area contributed by atoms with Crippen LogP contribution < -0.4 is 0 Å². The normalized spacial score (nSPS) is 16.2. The summed E-state index contributed by atoms with van der Waals surface area (Å²) >= 11 is 0. The summed E-state index contributed by atoms with van der Waals surface area (Å²) in [6, 6.07) is 0. The molecule has 0 aliphatic rings. The van der Waals surface area contributed by atoms with Crippen LogP contribution in [0.4, 0.5) is 0 Å². The summed E-state index contributed by atoms with van der Waals surface area (Å²) in [5.74, 6) is 0. The Labute approximate surface area is 134 Å². The Hall–Kier alpha value is 0.974. The molecular formula is C12H30O4S2Si2. The van der Waals surface area contributed by atoms with Gasteiger partial charge in [0, 0.05) is 28.4 Å².